The van der Waals surface area contributed by atoms with E-state index in [0.29, 0.717) is 15.6 Å². The van der Waals surface area contributed by atoms with Crippen LogP contribution in [0, 0.1) is 0 Å². The van der Waals surface area contributed by atoms with Gasteiger partial charge >= 0.3 is 6.18 Å². The van der Waals surface area contributed by atoms with Gasteiger partial charge in [0.2, 0.25) is 0 Å². The number of sulfonamides is 1. The molecule has 0 amide bonds. The van der Waals surface area contributed by atoms with Crippen molar-refractivity contribution in [3.8, 4) is 0 Å². The fraction of sp³-hybridized carbons (Fsp3) is 0.571. The van der Waals surface area contributed by atoms with Crippen LogP contribution in [0.1, 0.15) is 6.42 Å². The van der Waals surface area contributed by atoms with Crippen LogP contribution in [-0.4, -0.2) is 37.5 Å². The summed E-state index contributed by atoms with van der Waals surface area (Å²) in [4.78, 5) is 3.53. The second kappa shape index (κ2) is 5.09. The molecular formula is C7H8ClF3N2O2S2. The highest BCUT2D eigenvalue weighted by molar-refractivity contribution is 7.91. The van der Waals surface area contributed by atoms with E-state index < -0.39 is 29.2 Å². The average Bonchev–Trinajstić information content (AvgIpc) is 2.60. The smallest absolute Gasteiger partial charge is 0.232 e. The van der Waals surface area contributed by atoms with Crippen LogP contribution in [0.2, 0.25) is 4.47 Å². The van der Waals surface area contributed by atoms with Crippen LogP contribution in [0.25, 0.3) is 0 Å². The first-order valence-corrected chi connectivity index (χ1v) is 6.91. The van der Waals surface area contributed by atoms with Crippen molar-refractivity contribution in [2.75, 3.05) is 13.6 Å². The Morgan fingerprint density at radius 2 is 2.12 bits per heavy atom. The molecule has 0 radical (unpaired) electrons. The van der Waals surface area contributed by atoms with E-state index in [4.69, 9.17) is 11.6 Å². The molecule has 0 spiro atoms. The minimum atomic E-state index is -4.39. The lowest BCUT2D eigenvalue weighted by atomic mass is 10.4. The minimum Gasteiger partial charge on any atom is -0.232 e. The van der Waals surface area contributed by atoms with Crippen molar-refractivity contribution >= 4 is 33.0 Å². The van der Waals surface area contributed by atoms with Crippen LogP contribution in [0.4, 0.5) is 13.2 Å². The standard InChI is InChI=1S/C7H8ClF3N2O2S2/c1-13(3-2-7(9,10)11)17(14,15)5-4-12-6(8)16-5/h4H,2-3H2,1H3. The van der Waals surface area contributed by atoms with Gasteiger partial charge < -0.3 is 0 Å². The van der Waals surface area contributed by atoms with Crippen molar-refractivity contribution in [1.29, 1.82) is 0 Å². The first kappa shape index (κ1) is 14.7. The van der Waals surface area contributed by atoms with Gasteiger partial charge in [-0.15, -0.1) is 0 Å². The van der Waals surface area contributed by atoms with Crippen molar-refractivity contribution in [2.45, 2.75) is 16.8 Å². The molecule has 0 aliphatic rings. The Morgan fingerprint density at radius 1 is 1.53 bits per heavy atom. The SMILES string of the molecule is CN(CCC(F)(F)F)S(=O)(=O)c1cnc(Cl)s1. The van der Waals surface area contributed by atoms with Gasteiger partial charge in [-0.3, -0.25) is 0 Å². The monoisotopic (exact) mass is 308 g/mol. The number of nitrogens with zero attached hydrogens (tertiary/aromatic N) is 2. The summed E-state index contributed by atoms with van der Waals surface area (Å²) < 4.78 is 59.8. The van der Waals surface area contributed by atoms with E-state index in [1.54, 1.807) is 0 Å². The highest BCUT2D eigenvalue weighted by atomic mass is 35.5. The first-order valence-electron chi connectivity index (χ1n) is 4.27. The van der Waals surface area contributed by atoms with Gasteiger partial charge in [-0.05, 0) is 0 Å². The largest absolute Gasteiger partial charge is 0.390 e. The Labute approximate surface area is 105 Å². The van der Waals surface area contributed by atoms with Crippen LogP contribution >= 0.6 is 22.9 Å². The molecule has 0 bridgehead atoms. The van der Waals surface area contributed by atoms with Crippen LogP contribution in [-0.2, 0) is 10.0 Å². The number of halogens is 4. The van der Waals surface area contributed by atoms with E-state index in [1.807, 2.05) is 0 Å². The van der Waals surface area contributed by atoms with Crippen molar-refractivity contribution in [3.05, 3.63) is 10.7 Å². The van der Waals surface area contributed by atoms with Gasteiger partial charge in [0.05, 0.1) is 12.6 Å². The van der Waals surface area contributed by atoms with Crippen LogP contribution < -0.4 is 0 Å². The fourth-order valence-corrected chi connectivity index (χ4v) is 3.59. The molecule has 0 fully saturated rings. The molecule has 4 nitrogen and oxygen atoms in total. The zero-order valence-corrected chi connectivity index (χ0v) is 10.9. The normalized spacial score (nSPS) is 13.3. The molecule has 0 N–H and O–H groups in total. The number of hydrogen-bond acceptors (Lipinski definition) is 4. The molecular weight excluding hydrogens is 301 g/mol. The molecule has 10 heteroatoms. The Hall–Kier alpha value is -0.380. The summed E-state index contributed by atoms with van der Waals surface area (Å²) in [5.41, 5.74) is 0. The summed E-state index contributed by atoms with van der Waals surface area (Å²) in [5.74, 6) is 0. The van der Waals surface area contributed by atoms with Gasteiger partial charge in [0, 0.05) is 13.6 Å². The topological polar surface area (TPSA) is 50.3 Å². The maximum absolute atomic E-state index is 12.0. The van der Waals surface area contributed by atoms with E-state index in [-0.39, 0.29) is 8.68 Å². The van der Waals surface area contributed by atoms with Gasteiger partial charge in [-0.1, -0.05) is 22.9 Å². The summed E-state index contributed by atoms with van der Waals surface area (Å²) in [5, 5.41) is 0. The Kier molecular flexibility index (Phi) is 4.39. The number of alkyl halides is 3. The summed E-state index contributed by atoms with van der Waals surface area (Å²) in [7, 11) is -2.86. The molecule has 1 heterocycles. The highest BCUT2D eigenvalue weighted by Gasteiger charge is 2.31. The second-order valence-electron chi connectivity index (χ2n) is 3.12. The minimum absolute atomic E-state index is 0.0211. The summed E-state index contributed by atoms with van der Waals surface area (Å²) >= 11 is 6.17. The molecule has 0 aliphatic heterocycles. The lowest BCUT2D eigenvalue weighted by Crippen LogP contribution is -2.30. The third-order valence-electron chi connectivity index (χ3n) is 1.83. The third-order valence-corrected chi connectivity index (χ3v) is 5.24. The summed E-state index contributed by atoms with van der Waals surface area (Å²) in [6.45, 7) is -0.638. The predicted molar refractivity (Wildman–Crippen MR) is 57.6 cm³/mol. The van der Waals surface area contributed by atoms with E-state index in [2.05, 4.69) is 4.98 Å². The maximum atomic E-state index is 12.0. The van der Waals surface area contributed by atoms with E-state index in [1.165, 1.54) is 0 Å². The lowest BCUT2D eigenvalue weighted by molar-refractivity contribution is -0.135. The molecule has 0 unspecified atom stereocenters. The number of rotatable bonds is 4. The van der Waals surface area contributed by atoms with Crippen molar-refractivity contribution < 1.29 is 21.6 Å². The van der Waals surface area contributed by atoms with Gasteiger partial charge in [-0.2, -0.15) is 17.5 Å². The van der Waals surface area contributed by atoms with E-state index in [0.717, 1.165) is 13.2 Å². The quantitative estimate of drug-likeness (QED) is 0.858. The maximum Gasteiger partial charge on any atom is 0.390 e. The number of hydrogen-bond donors (Lipinski definition) is 0. The van der Waals surface area contributed by atoms with Crippen LogP contribution in [0.15, 0.2) is 10.4 Å². The van der Waals surface area contributed by atoms with Gasteiger partial charge in [-0.25, -0.2) is 13.4 Å². The van der Waals surface area contributed by atoms with Gasteiger partial charge in [0.25, 0.3) is 10.0 Å². The first-order chi connectivity index (χ1) is 7.63. The van der Waals surface area contributed by atoms with Crippen molar-refractivity contribution in [2.24, 2.45) is 0 Å². The third kappa shape index (κ3) is 4.09. The van der Waals surface area contributed by atoms with E-state index >= 15 is 0 Å². The lowest BCUT2D eigenvalue weighted by Gasteiger charge is -2.16. The second-order valence-corrected chi connectivity index (χ2v) is 7.01. The zero-order chi connectivity index (χ0) is 13.3. The molecule has 17 heavy (non-hydrogen) atoms. The van der Waals surface area contributed by atoms with Crippen LogP contribution in [0.3, 0.4) is 0 Å². The molecule has 0 saturated heterocycles. The molecule has 0 aliphatic carbocycles. The molecule has 0 saturated carbocycles. The Balaban J connectivity index is 2.78. The van der Waals surface area contributed by atoms with E-state index in [9.17, 15) is 21.6 Å². The Morgan fingerprint density at radius 3 is 2.53 bits per heavy atom. The fourth-order valence-electron chi connectivity index (χ4n) is 0.916. The zero-order valence-electron chi connectivity index (χ0n) is 8.53. The summed E-state index contributed by atoms with van der Waals surface area (Å²) in [6.07, 6.45) is -4.57. The highest BCUT2D eigenvalue weighted by Crippen LogP contribution is 2.26. The summed E-state index contributed by atoms with van der Waals surface area (Å²) in [6, 6.07) is 0. The van der Waals surface area contributed by atoms with Crippen molar-refractivity contribution in [1.82, 2.24) is 9.29 Å². The molecule has 0 atom stereocenters. The molecule has 1 aromatic heterocycles. The molecule has 1 rings (SSSR count). The number of thiazole rings is 1. The Bertz CT molecular complexity index is 486. The van der Waals surface area contributed by atoms with Gasteiger partial charge in [0.1, 0.15) is 0 Å². The number of aromatic nitrogens is 1. The van der Waals surface area contributed by atoms with Gasteiger partial charge in [0.15, 0.2) is 8.68 Å². The predicted octanol–water partition coefficient (Wildman–Crippen LogP) is 2.37. The van der Waals surface area contributed by atoms with Crippen LogP contribution in [0.5, 0.6) is 0 Å². The van der Waals surface area contributed by atoms with Crippen molar-refractivity contribution in [3.63, 3.8) is 0 Å². The molecule has 1 aromatic rings. The average molecular weight is 309 g/mol. The molecule has 98 valence electrons. The molecule has 0 aromatic carbocycles.